The average Bonchev–Trinajstić information content (AvgIpc) is 3.54. The predicted octanol–water partition coefficient (Wildman–Crippen LogP) is 5.26. The fourth-order valence-electron chi connectivity index (χ4n) is 5.73. The van der Waals surface area contributed by atoms with Gasteiger partial charge in [-0.25, -0.2) is 23.4 Å². The van der Waals surface area contributed by atoms with Crippen molar-refractivity contribution in [2.45, 2.75) is 63.7 Å². The van der Waals surface area contributed by atoms with Crippen LogP contribution in [0, 0.1) is 28.8 Å². The molecular formula is C32H31F3N8O2. The molecule has 1 aliphatic carbocycles. The molecule has 0 bridgehead atoms. The number of nitrogens with one attached hydrogen (secondary N) is 1. The number of carbonyl (C=O) groups is 1. The molecule has 3 heterocycles. The Morgan fingerprint density at radius 3 is 2.71 bits per heavy atom. The maximum atomic E-state index is 15.5. The van der Waals surface area contributed by atoms with Crippen molar-refractivity contribution in [3.63, 3.8) is 0 Å². The van der Waals surface area contributed by atoms with Crippen molar-refractivity contribution in [3.05, 3.63) is 71.8 Å². The van der Waals surface area contributed by atoms with Gasteiger partial charge in [0.25, 0.3) is 5.91 Å². The number of carbonyl (C=O) groups excluding carboxylic acids is 1. The van der Waals surface area contributed by atoms with Gasteiger partial charge in [-0.1, -0.05) is 6.07 Å². The summed E-state index contributed by atoms with van der Waals surface area (Å²) in [6, 6.07) is 9.48. The minimum Gasteiger partial charge on any atom is -0.454 e. The Kier molecular flexibility index (Phi) is 7.92. The van der Waals surface area contributed by atoms with Crippen LogP contribution >= 0.6 is 0 Å². The molecule has 3 N–H and O–H groups in total. The number of ether oxygens (including phenoxy) is 1. The van der Waals surface area contributed by atoms with Gasteiger partial charge in [0.2, 0.25) is 5.82 Å². The molecule has 1 unspecified atom stereocenters. The number of nitrogens with zero attached hydrogens (tertiary/aromatic N) is 6. The maximum Gasteiger partial charge on any atom is 0.264 e. The number of likely N-dealkylation sites (tertiary alicyclic amines) is 1. The van der Waals surface area contributed by atoms with Crippen LogP contribution in [0.4, 0.5) is 19.0 Å². The van der Waals surface area contributed by atoms with E-state index in [0.29, 0.717) is 30.0 Å². The topological polar surface area (TPSA) is 135 Å². The van der Waals surface area contributed by atoms with Gasteiger partial charge >= 0.3 is 0 Å². The summed E-state index contributed by atoms with van der Waals surface area (Å²) in [7, 11) is 0. The Bertz CT molecular complexity index is 1860. The molecule has 1 amide bonds. The van der Waals surface area contributed by atoms with Crippen molar-refractivity contribution in [2.24, 2.45) is 0 Å². The molecule has 45 heavy (non-hydrogen) atoms. The lowest BCUT2D eigenvalue weighted by Crippen LogP contribution is -2.42. The molecule has 232 valence electrons. The van der Waals surface area contributed by atoms with Gasteiger partial charge in [0.15, 0.2) is 17.2 Å². The molecule has 2 aromatic carbocycles. The number of nitrogens with two attached hydrogens (primary N) is 1. The fourth-order valence-corrected chi connectivity index (χ4v) is 5.73. The SMILES string of the molecule is CC(C)(C=C(C#N)C(=O)N1CCCC1Cn1nc(-c2ccc(Oc3cccc(F)c3F)cc2F)c2c(N)ncnc21)NC1CC1. The number of hydrogen-bond donors (Lipinski definition) is 2. The van der Waals surface area contributed by atoms with Gasteiger partial charge in [0.05, 0.1) is 18.0 Å². The lowest BCUT2D eigenvalue weighted by atomic mass is 10.0. The third-order valence-corrected chi connectivity index (χ3v) is 7.93. The quantitative estimate of drug-likeness (QED) is 0.192. The highest BCUT2D eigenvalue weighted by Gasteiger charge is 2.34. The summed E-state index contributed by atoms with van der Waals surface area (Å²) in [4.78, 5) is 23.7. The van der Waals surface area contributed by atoms with E-state index < -0.39 is 23.0 Å². The molecule has 4 aromatic rings. The van der Waals surface area contributed by atoms with Crippen molar-refractivity contribution < 1.29 is 22.7 Å². The molecule has 6 rings (SSSR count). The van der Waals surface area contributed by atoms with Crippen molar-refractivity contribution in [1.82, 2.24) is 30.0 Å². The smallest absolute Gasteiger partial charge is 0.264 e. The summed E-state index contributed by atoms with van der Waals surface area (Å²) in [5, 5.41) is 18.3. The fraction of sp³-hybridized carbons (Fsp3) is 0.344. The Morgan fingerprint density at radius 2 is 1.98 bits per heavy atom. The highest BCUT2D eigenvalue weighted by atomic mass is 19.2. The Balaban J connectivity index is 1.29. The van der Waals surface area contributed by atoms with Gasteiger partial charge in [-0.15, -0.1) is 0 Å². The van der Waals surface area contributed by atoms with Crippen LogP contribution in [0.5, 0.6) is 11.5 Å². The standard InChI is InChI=1S/C32H31F3N8O2/c1-32(2,40-19-8-9-19)14-18(15-36)31(44)42-12-4-5-20(42)16-43-30-26(29(37)38-17-39-30)28(41-43)22-11-10-21(13-24(22)34)45-25-7-3-6-23(33)27(25)35/h3,6-7,10-11,13-14,17,19-20,40H,4-5,8-9,12,16H2,1-2H3,(H2,37,38,39). The van der Waals surface area contributed by atoms with Gasteiger partial charge in [0, 0.05) is 29.8 Å². The number of nitriles is 1. The van der Waals surface area contributed by atoms with E-state index in [9.17, 15) is 18.8 Å². The van der Waals surface area contributed by atoms with E-state index in [1.165, 1.54) is 30.6 Å². The van der Waals surface area contributed by atoms with E-state index in [-0.39, 0.29) is 52.6 Å². The van der Waals surface area contributed by atoms with Crippen LogP contribution in [0.15, 0.2) is 54.4 Å². The zero-order valence-corrected chi connectivity index (χ0v) is 24.7. The molecule has 0 radical (unpaired) electrons. The van der Waals surface area contributed by atoms with Crippen molar-refractivity contribution >= 4 is 22.8 Å². The van der Waals surface area contributed by atoms with Crippen LogP contribution in [-0.4, -0.2) is 54.7 Å². The number of halogens is 3. The third kappa shape index (κ3) is 6.19. The minimum absolute atomic E-state index is 0.0503. The number of nitrogen functional groups attached to an aromatic ring is 1. The first-order valence-electron chi connectivity index (χ1n) is 14.6. The second-order valence-electron chi connectivity index (χ2n) is 11.9. The summed E-state index contributed by atoms with van der Waals surface area (Å²) in [6.45, 7) is 4.58. The molecule has 0 spiro atoms. The van der Waals surface area contributed by atoms with Gasteiger partial charge in [-0.3, -0.25) is 4.79 Å². The highest BCUT2D eigenvalue weighted by Crippen LogP contribution is 2.35. The summed E-state index contributed by atoms with van der Waals surface area (Å²) < 4.78 is 50.2. The first-order valence-corrected chi connectivity index (χ1v) is 14.6. The normalized spacial score (nSPS) is 17.1. The van der Waals surface area contributed by atoms with Crippen LogP contribution in [0.2, 0.25) is 0 Å². The molecule has 1 saturated heterocycles. The monoisotopic (exact) mass is 616 g/mol. The second kappa shape index (κ2) is 11.9. The summed E-state index contributed by atoms with van der Waals surface area (Å²) in [5.74, 6) is -3.73. The number of aromatic nitrogens is 4. The van der Waals surface area contributed by atoms with Crippen molar-refractivity contribution in [3.8, 4) is 28.8 Å². The zero-order chi connectivity index (χ0) is 31.9. The molecule has 2 aliphatic rings. The first kappa shape index (κ1) is 30.1. The molecule has 10 nitrogen and oxygen atoms in total. The van der Waals surface area contributed by atoms with Crippen molar-refractivity contribution in [2.75, 3.05) is 12.3 Å². The van der Waals surface area contributed by atoms with Crippen molar-refractivity contribution in [1.29, 1.82) is 5.26 Å². The summed E-state index contributed by atoms with van der Waals surface area (Å²) in [6.07, 6.45) is 6.53. The molecule has 1 aliphatic heterocycles. The Morgan fingerprint density at radius 1 is 1.18 bits per heavy atom. The first-order chi connectivity index (χ1) is 21.5. The van der Waals surface area contributed by atoms with Gasteiger partial charge in [0.1, 0.15) is 41.0 Å². The second-order valence-corrected chi connectivity index (χ2v) is 11.9. The molecule has 2 aromatic heterocycles. The number of benzene rings is 2. The zero-order valence-electron chi connectivity index (χ0n) is 24.7. The van der Waals surface area contributed by atoms with Gasteiger partial charge < -0.3 is 20.7 Å². The Labute approximate surface area is 257 Å². The number of hydrogen-bond acceptors (Lipinski definition) is 8. The molecule has 1 saturated carbocycles. The largest absolute Gasteiger partial charge is 0.454 e. The van der Waals surface area contributed by atoms with E-state index >= 15 is 4.39 Å². The highest BCUT2D eigenvalue weighted by molar-refractivity contribution is 5.99. The van der Waals surface area contributed by atoms with Gasteiger partial charge in [-0.2, -0.15) is 14.8 Å². The third-order valence-electron chi connectivity index (χ3n) is 7.93. The van der Waals surface area contributed by atoms with Crippen LogP contribution < -0.4 is 15.8 Å². The van der Waals surface area contributed by atoms with E-state index in [0.717, 1.165) is 31.4 Å². The number of amides is 1. The lowest BCUT2D eigenvalue weighted by Gasteiger charge is -2.27. The molecule has 1 atom stereocenters. The van der Waals surface area contributed by atoms with Crippen LogP contribution in [0.1, 0.15) is 39.5 Å². The summed E-state index contributed by atoms with van der Waals surface area (Å²) >= 11 is 0. The molecule has 13 heteroatoms. The predicted molar refractivity (Wildman–Crippen MR) is 160 cm³/mol. The summed E-state index contributed by atoms with van der Waals surface area (Å²) in [5.41, 5.74) is 6.35. The number of rotatable bonds is 9. The van der Waals surface area contributed by atoms with E-state index in [2.05, 4.69) is 26.5 Å². The average molecular weight is 617 g/mol. The van der Waals surface area contributed by atoms with E-state index in [4.69, 9.17) is 10.5 Å². The number of anilines is 1. The van der Waals surface area contributed by atoms with Crippen LogP contribution in [0.3, 0.4) is 0 Å². The van der Waals surface area contributed by atoms with Crippen LogP contribution in [-0.2, 0) is 11.3 Å². The van der Waals surface area contributed by atoms with Crippen LogP contribution in [0.25, 0.3) is 22.3 Å². The Hall–Kier alpha value is -4.96. The lowest BCUT2D eigenvalue weighted by molar-refractivity contribution is -0.127. The van der Waals surface area contributed by atoms with E-state index in [1.807, 2.05) is 13.8 Å². The maximum absolute atomic E-state index is 15.5. The molecular weight excluding hydrogens is 585 g/mol. The minimum atomic E-state index is -1.19. The van der Waals surface area contributed by atoms with Gasteiger partial charge in [-0.05, 0) is 69.9 Å². The molecule has 2 fully saturated rings. The van der Waals surface area contributed by atoms with E-state index in [1.54, 1.807) is 15.7 Å². The number of fused-ring (bicyclic) bond motifs is 1.